The summed E-state index contributed by atoms with van der Waals surface area (Å²) in [5.74, 6) is 2.16. The quantitative estimate of drug-likeness (QED) is 0.678. The smallest absolute Gasteiger partial charge is 0.323 e. The standard InChI is InChI=1S/C10H14N2O2S/c13-8-10(3-4-10)11-9(14)12(8)7-1-5-15-6-2-7/h7H,1-6H2,(H,11,14). The highest BCUT2D eigenvalue weighted by atomic mass is 32.2. The molecule has 15 heavy (non-hydrogen) atoms. The molecule has 0 bridgehead atoms. The van der Waals surface area contributed by atoms with Crippen LogP contribution in [0.25, 0.3) is 0 Å². The zero-order valence-corrected chi connectivity index (χ0v) is 9.31. The van der Waals surface area contributed by atoms with Crippen LogP contribution in [-0.4, -0.2) is 39.9 Å². The number of nitrogens with zero attached hydrogens (tertiary/aromatic N) is 1. The van der Waals surface area contributed by atoms with E-state index in [4.69, 9.17) is 0 Å². The molecule has 4 nitrogen and oxygen atoms in total. The summed E-state index contributed by atoms with van der Waals surface area (Å²) in [6.07, 6.45) is 3.57. The van der Waals surface area contributed by atoms with Gasteiger partial charge in [0.1, 0.15) is 5.54 Å². The number of imide groups is 1. The summed E-state index contributed by atoms with van der Waals surface area (Å²) in [7, 11) is 0. The Hall–Kier alpha value is -0.710. The van der Waals surface area contributed by atoms with Gasteiger partial charge in [0.05, 0.1) is 0 Å². The first-order valence-electron chi connectivity index (χ1n) is 5.46. The van der Waals surface area contributed by atoms with Crippen molar-refractivity contribution in [3.05, 3.63) is 0 Å². The first kappa shape index (κ1) is 9.51. The second-order valence-electron chi connectivity index (χ2n) is 4.53. The maximum Gasteiger partial charge on any atom is 0.325 e. The van der Waals surface area contributed by atoms with Crippen LogP contribution in [0.4, 0.5) is 4.79 Å². The van der Waals surface area contributed by atoms with Gasteiger partial charge < -0.3 is 5.32 Å². The molecule has 1 saturated carbocycles. The van der Waals surface area contributed by atoms with Crippen molar-refractivity contribution in [3.63, 3.8) is 0 Å². The number of hydrogen-bond acceptors (Lipinski definition) is 3. The fourth-order valence-corrected chi connectivity index (χ4v) is 3.46. The van der Waals surface area contributed by atoms with Crippen LogP contribution in [0.15, 0.2) is 0 Å². The zero-order chi connectivity index (χ0) is 10.5. The van der Waals surface area contributed by atoms with Crippen LogP contribution in [0, 0.1) is 0 Å². The monoisotopic (exact) mass is 226 g/mol. The molecular formula is C10H14N2O2S. The number of amides is 3. The van der Waals surface area contributed by atoms with Crippen LogP contribution in [0.2, 0.25) is 0 Å². The van der Waals surface area contributed by atoms with Gasteiger partial charge in [-0.3, -0.25) is 9.69 Å². The van der Waals surface area contributed by atoms with E-state index in [1.807, 2.05) is 11.8 Å². The lowest BCUT2D eigenvalue weighted by Crippen LogP contribution is -2.43. The number of hydrogen-bond donors (Lipinski definition) is 1. The Labute approximate surface area is 92.8 Å². The van der Waals surface area contributed by atoms with E-state index in [1.54, 1.807) is 0 Å². The maximum absolute atomic E-state index is 12.0. The molecule has 1 spiro atoms. The topological polar surface area (TPSA) is 49.4 Å². The molecule has 5 heteroatoms. The molecule has 0 atom stereocenters. The van der Waals surface area contributed by atoms with Crippen LogP contribution in [0.1, 0.15) is 25.7 Å². The van der Waals surface area contributed by atoms with Crippen LogP contribution in [0.3, 0.4) is 0 Å². The Morgan fingerprint density at radius 3 is 2.47 bits per heavy atom. The van der Waals surface area contributed by atoms with Gasteiger partial charge in [0.25, 0.3) is 5.91 Å². The summed E-state index contributed by atoms with van der Waals surface area (Å²) in [4.78, 5) is 25.3. The van der Waals surface area contributed by atoms with Crippen molar-refractivity contribution in [2.24, 2.45) is 0 Å². The van der Waals surface area contributed by atoms with Gasteiger partial charge >= 0.3 is 6.03 Å². The van der Waals surface area contributed by atoms with Crippen molar-refractivity contribution in [2.75, 3.05) is 11.5 Å². The summed E-state index contributed by atoms with van der Waals surface area (Å²) >= 11 is 1.91. The molecule has 2 saturated heterocycles. The Morgan fingerprint density at radius 2 is 1.93 bits per heavy atom. The Morgan fingerprint density at radius 1 is 1.27 bits per heavy atom. The molecule has 1 aliphatic carbocycles. The highest BCUT2D eigenvalue weighted by molar-refractivity contribution is 7.99. The molecule has 0 aromatic heterocycles. The van der Waals surface area contributed by atoms with Gasteiger partial charge in [-0.25, -0.2) is 4.79 Å². The molecule has 0 aromatic rings. The Kier molecular flexibility index (Phi) is 1.99. The lowest BCUT2D eigenvalue weighted by atomic mass is 10.1. The molecule has 0 aromatic carbocycles. The van der Waals surface area contributed by atoms with E-state index in [2.05, 4.69) is 5.32 Å². The fourth-order valence-electron chi connectivity index (χ4n) is 2.38. The molecule has 2 aliphatic heterocycles. The van der Waals surface area contributed by atoms with Gasteiger partial charge in [-0.2, -0.15) is 11.8 Å². The fraction of sp³-hybridized carbons (Fsp3) is 0.800. The van der Waals surface area contributed by atoms with E-state index in [1.165, 1.54) is 4.90 Å². The lowest BCUT2D eigenvalue weighted by molar-refractivity contribution is -0.130. The number of nitrogens with one attached hydrogen (secondary N) is 1. The van der Waals surface area contributed by atoms with Crippen molar-refractivity contribution in [2.45, 2.75) is 37.3 Å². The normalized spacial score (nSPS) is 29.7. The summed E-state index contributed by atoms with van der Waals surface area (Å²) < 4.78 is 0. The van der Waals surface area contributed by atoms with E-state index in [0.29, 0.717) is 0 Å². The molecule has 0 unspecified atom stereocenters. The zero-order valence-electron chi connectivity index (χ0n) is 8.49. The predicted octanol–water partition coefficient (Wildman–Crippen LogP) is 0.966. The average Bonchev–Trinajstić information content (AvgIpc) is 2.95. The maximum atomic E-state index is 12.0. The van der Waals surface area contributed by atoms with Crippen molar-refractivity contribution < 1.29 is 9.59 Å². The third-order valence-corrected chi connectivity index (χ3v) is 4.55. The third-order valence-electron chi connectivity index (χ3n) is 3.50. The molecule has 82 valence electrons. The van der Waals surface area contributed by atoms with E-state index in [-0.39, 0.29) is 18.0 Å². The van der Waals surface area contributed by atoms with Gasteiger partial charge in [0.2, 0.25) is 0 Å². The van der Waals surface area contributed by atoms with E-state index in [9.17, 15) is 9.59 Å². The second-order valence-corrected chi connectivity index (χ2v) is 5.76. The molecular weight excluding hydrogens is 212 g/mol. The number of rotatable bonds is 1. The largest absolute Gasteiger partial charge is 0.325 e. The molecule has 3 amide bonds. The SMILES string of the molecule is O=C1NC2(CC2)C(=O)N1C1CCSCC1. The van der Waals surface area contributed by atoms with Gasteiger partial charge in [-0.15, -0.1) is 0 Å². The van der Waals surface area contributed by atoms with Crippen LogP contribution in [0.5, 0.6) is 0 Å². The molecule has 3 aliphatic rings. The van der Waals surface area contributed by atoms with Crippen molar-refractivity contribution >= 4 is 23.7 Å². The minimum atomic E-state index is -0.471. The second kappa shape index (κ2) is 3.14. The summed E-state index contributed by atoms with van der Waals surface area (Å²) in [5.41, 5.74) is -0.471. The van der Waals surface area contributed by atoms with E-state index >= 15 is 0 Å². The average molecular weight is 226 g/mol. The molecule has 3 rings (SSSR count). The molecule has 0 radical (unpaired) electrons. The highest BCUT2D eigenvalue weighted by Crippen LogP contribution is 2.42. The van der Waals surface area contributed by atoms with Gasteiger partial charge in [0.15, 0.2) is 0 Å². The summed E-state index contributed by atoms with van der Waals surface area (Å²) in [6, 6.07) is -0.00637. The predicted molar refractivity (Wildman–Crippen MR) is 57.7 cm³/mol. The first-order valence-corrected chi connectivity index (χ1v) is 6.62. The summed E-state index contributed by atoms with van der Waals surface area (Å²) in [6.45, 7) is 0. The third kappa shape index (κ3) is 1.36. The van der Waals surface area contributed by atoms with Crippen molar-refractivity contribution in [1.29, 1.82) is 0 Å². The first-order chi connectivity index (χ1) is 7.23. The van der Waals surface area contributed by atoms with Crippen LogP contribution >= 0.6 is 11.8 Å². The minimum absolute atomic E-state index is 0.0319. The van der Waals surface area contributed by atoms with Gasteiger partial charge in [0, 0.05) is 6.04 Å². The Balaban J connectivity index is 1.79. The van der Waals surface area contributed by atoms with Gasteiger partial charge in [-0.1, -0.05) is 0 Å². The number of urea groups is 1. The van der Waals surface area contributed by atoms with E-state index in [0.717, 1.165) is 37.2 Å². The van der Waals surface area contributed by atoms with E-state index < -0.39 is 5.54 Å². The number of thioether (sulfide) groups is 1. The number of carbonyl (C=O) groups is 2. The molecule has 3 fully saturated rings. The summed E-state index contributed by atoms with van der Waals surface area (Å²) in [5, 5.41) is 2.83. The Bertz CT molecular complexity index is 321. The van der Waals surface area contributed by atoms with Crippen LogP contribution in [-0.2, 0) is 4.79 Å². The van der Waals surface area contributed by atoms with Crippen molar-refractivity contribution in [1.82, 2.24) is 10.2 Å². The number of carbonyl (C=O) groups excluding carboxylic acids is 2. The molecule has 2 heterocycles. The highest BCUT2D eigenvalue weighted by Gasteiger charge is 2.60. The molecule has 1 N–H and O–H groups in total. The van der Waals surface area contributed by atoms with Crippen molar-refractivity contribution in [3.8, 4) is 0 Å². The van der Waals surface area contributed by atoms with Crippen LogP contribution < -0.4 is 5.32 Å². The lowest BCUT2D eigenvalue weighted by Gasteiger charge is -2.28. The minimum Gasteiger partial charge on any atom is -0.323 e. The van der Waals surface area contributed by atoms with Gasteiger partial charge in [-0.05, 0) is 37.2 Å².